The number of unbranched alkanes of at least 4 members (excludes halogenated alkanes) is 4. The summed E-state index contributed by atoms with van der Waals surface area (Å²) in [7, 11) is 0. The van der Waals surface area contributed by atoms with Gasteiger partial charge < -0.3 is 15.1 Å². The molecule has 3 nitrogen and oxygen atoms in total. The van der Waals surface area contributed by atoms with Crippen molar-refractivity contribution in [2.75, 3.05) is 19.6 Å². The first-order chi connectivity index (χ1) is 13.6. The van der Waals surface area contributed by atoms with E-state index in [1.54, 1.807) is 5.57 Å². The van der Waals surface area contributed by atoms with Crippen molar-refractivity contribution >= 4 is 0 Å². The fourth-order valence-corrected chi connectivity index (χ4v) is 5.15. The Labute approximate surface area is 173 Å². The second-order valence-electron chi connectivity index (χ2n) is 9.02. The van der Waals surface area contributed by atoms with Crippen molar-refractivity contribution in [1.29, 1.82) is 0 Å². The van der Waals surface area contributed by atoms with Crippen LogP contribution in [-0.4, -0.2) is 47.0 Å². The zero-order valence-corrected chi connectivity index (χ0v) is 18.7. The molecule has 2 N–H and O–H groups in total. The molecule has 0 unspecified atom stereocenters. The average molecular weight is 392 g/mol. The van der Waals surface area contributed by atoms with Gasteiger partial charge in [0, 0.05) is 5.92 Å². The summed E-state index contributed by atoms with van der Waals surface area (Å²) in [6, 6.07) is 0. The molecule has 2 rings (SSSR count). The van der Waals surface area contributed by atoms with Gasteiger partial charge in [0.2, 0.25) is 0 Å². The molecule has 0 radical (unpaired) electrons. The summed E-state index contributed by atoms with van der Waals surface area (Å²) in [5.74, 6) is 1.33. The average Bonchev–Trinajstić information content (AvgIpc) is 3.19. The minimum atomic E-state index is -0.350. The Hall–Kier alpha value is -0.640. The summed E-state index contributed by atoms with van der Waals surface area (Å²) in [6.45, 7) is 10.2. The maximum Gasteiger partial charge on any atom is 0.0721 e. The van der Waals surface area contributed by atoms with Crippen LogP contribution in [0.15, 0.2) is 23.8 Å². The SMILES string of the molecule is CCCCC[C@H](O)C=C[C@@H]1[C@H]2CC(CCCCCN(CC)CC)=C[C@H]2C[C@H]1O. The van der Waals surface area contributed by atoms with Crippen molar-refractivity contribution in [3.63, 3.8) is 0 Å². The van der Waals surface area contributed by atoms with Crippen LogP contribution in [0.1, 0.15) is 85.0 Å². The Kier molecular flexibility index (Phi) is 10.8. The Bertz CT molecular complexity index is 483. The first-order valence-electron chi connectivity index (χ1n) is 12.0. The lowest BCUT2D eigenvalue weighted by Gasteiger charge is -2.19. The van der Waals surface area contributed by atoms with Crippen molar-refractivity contribution in [1.82, 2.24) is 4.90 Å². The third-order valence-corrected chi connectivity index (χ3v) is 6.98. The normalized spacial score (nSPS) is 28.3. The van der Waals surface area contributed by atoms with Crippen molar-refractivity contribution in [2.24, 2.45) is 17.8 Å². The molecule has 0 heterocycles. The Morgan fingerprint density at radius 3 is 2.61 bits per heavy atom. The second-order valence-corrected chi connectivity index (χ2v) is 9.02. The number of aliphatic hydroxyl groups is 2. The van der Waals surface area contributed by atoms with Gasteiger partial charge in [0.25, 0.3) is 0 Å². The van der Waals surface area contributed by atoms with E-state index in [-0.39, 0.29) is 18.1 Å². The second kappa shape index (κ2) is 12.8. The van der Waals surface area contributed by atoms with Crippen LogP contribution in [0.3, 0.4) is 0 Å². The number of allylic oxidation sites excluding steroid dienone is 2. The highest BCUT2D eigenvalue weighted by Crippen LogP contribution is 2.48. The van der Waals surface area contributed by atoms with Crippen LogP contribution in [0.4, 0.5) is 0 Å². The number of rotatable bonds is 14. The zero-order valence-electron chi connectivity index (χ0n) is 18.7. The first-order valence-corrected chi connectivity index (χ1v) is 12.0. The van der Waals surface area contributed by atoms with Crippen LogP contribution in [0.2, 0.25) is 0 Å². The summed E-state index contributed by atoms with van der Waals surface area (Å²) in [5.41, 5.74) is 1.62. The van der Waals surface area contributed by atoms with Crippen molar-refractivity contribution in [2.45, 2.75) is 97.2 Å². The van der Waals surface area contributed by atoms with Crippen molar-refractivity contribution < 1.29 is 10.2 Å². The molecule has 0 bridgehead atoms. The number of fused-ring (bicyclic) bond motifs is 1. The summed E-state index contributed by atoms with van der Waals surface area (Å²) >= 11 is 0. The Morgan fingerprint density at radius 2 is 1.89 bits per heavy atom. The van der Waals surface area contributed by atoms with E-state index in [4.69, 9.17) is 0 Å². The van der Waals surface area contributed by atoms with E-state index in [2.05, 4.69) is 37.8 Å². The van der Waals surface area contributed by atoms with Gasteiger partial charge in [-0.25, -0.2) is 0 Å². The standard InChI is InChI=1S/C25H45NO2/c1-4-7-9-13-22(27)14-15-23-24-18-20(17-21(24)19-25(23)28)12-10-8-11-16-26(5-2)6-3/h14-15,17,21-25,27-28H,4-13,16,18-19H2,1-3H3/t21-,22-,23+,24-,25+/m0/s1. The van der Waals surface area contributed by atoms with Crippen LogP contribution in [0.5, 0.6) is 0 Å². The van der Waals surface area contributed by atoms with E-state index in [0.717, 1.165) is 38.8 Å². The lowest BCUT2D eigenvalue weighted by molar-refractivity contribution is 0.139. The fourth-order valence-electron chi connectivity index (χ4n) is 5.15. The van der Waals surface area contributed by atoms with Gasteiger partial charge in [-0.2, -0.15) is 0 Å². The van der Waals surface area contributed by atoms with E-state index < -0.39 is 0 Å². The van der Waals surface area contributed by atoms with Gasteiger partial charge in [0.05, 0.1) is 12.2 Å². The molecule has 2 aliphatic carbocycles. The van der Waals surface area contributed by atoms with Crippen LogP contribution in [0, 0.1) is 17.8 Å². The highest BCUT2D eigenvalue weighted by molar-refractivity contribution is 5.20. The molecule has 1 fully saturated rings. The molecule has 0 aliphatic heterocycles. The molecule has 0 amide bonds. The predicted molar refractivity (Wildman–Crippen MR) is 119 cm³/mol. The molecule has 0 aromatic rings. The lowest BCUT2D eigenvalue weighted by atomic mass is 9.88. The van der Waals surface area contributed by atoms with Gasteiger partial charge in [-0.15, -0.1) is 0 Å². The minimum absolute atomic E-state index is 0.224. The van der Waals surface area contributed by atoms with E-state index in [1.807, 2.05) is 6.08 Å². The fraction of sp³-hybridized carbons (Fsp3) is 0.840. The van der Waals surface area contributed by atoms with Gasteiger partial charge in [0.1, 0.15) is 0 Å². The van der Waals surface area contributed by atoms with Crippen LogP contribution < -0.4 is 0 Å². The molecular weight excluding hydrogens is 346 g/mol. The Balaban J connectivity index is 1.71. The molecule has 0 aromatic carbocycles. The van der Waals surface area contributed by atoms with Crippen LogP contribution in [0.25, 0.3) is 0 Å². The number of nitrogens with zero attached hydrogens (tertiary/aromatic N) is 1. The van der Waals surface area contributed by atoms with E-state index in [1.165, 1.54) is 45.1 Å². The van der Waals surface area contributed by atoms with Gasteiger partial charge in [-0.1, -0.05) is 70.3 Å². The highest BCUT2D eigenvalue weighted by Gasteiger charge is 2.43. The quantitative estimate of drug-likeness (QED) is 0.311. The highest BCUT2D eigenvalue weighted by atomic mass is 16.3. The smallest absolute Gasteiger partial charge is 0.0721 e. The number of hydrogen-bond donors (Lipinski definition) is 2. The monoisotopic (exact) mass is 391 g/mol. The third kappa shape index (κ3) is 7.31. The molecule has 3 heteroatoms. The summed E-state index contributed by atoms with van der Waals surface area (Å²) in [6.07, 6.45) is 17.5. The van der Waals surface area contributed by atoms with Crippen molar-refractivity contribution in [3.8, 4) is 0 Å². The topological polar surface area (TPSA) is 43.7 Å². The third-order valence-electron chi connectivity index (χ3n) is 6.98. The summed E-state index contributed by atoms with van der Waals surface area (Å²) in [4.78, 5) is 2.51. The molecule has 2 aliphatic rings. The maximum atomic E-state index is 10.5. The first kappa shape index (κ1) is 23.6. The molecular formula is C25H45NO2. The summed E-state index contributed by atoms with van der Waals surface area (Å²) in [5, 5.41) is 20.7. The molecule has 0 spiro atoms. The largest absolute Gasteiger partial charge is 0.392 e. The van der Waals surface area contributed by atoms with Gasteiger partial charge in [-0.05, 0) is 70.0 Å². The molecule has 162 valence electrons. The zero-order chi connectivity index (χ0) is 20.4. The van der Waals surface area contributed by atoms with E-state index in [9.17, 15) is 10.2 Å². The van der Waals surface area contributed by atoms with Gasteiger partial charge >= 0.3 is 0 Å². The molecule has 1 saturated carbocycles. The molecule has 0 aromatic heterocycles. The number of hydrogen-bond acceptors (Lipinski definition) is 3. The van der Waals surface area contributed by atoms with Gasteiger partial charge in [-0.3, -0.25) is 0 Å². The maximum absolute atomic E-state index is 10.5. The van der Waals surface area contributed by atoms with Crippen molar-refractivity contribution in [3.05, 3.63) is 23.8 Å². The number of aliphatic hydroxyl groups excluding tert-OH is 2. The van der Waals surface area contributed by atoms with E-state index >= 15 is 0 Å². The van der Waals surface area contributed by atoms with Crippen LogP contribution in [-0.2, 0) is 0 Å². The molecule has 28 heavy (non-hydrogen) atoms. The lowest BCUT2D eigenvalue weighted by Crippen LogP contribution is -2.23. The molecule has 5 atom stereocenters. The van der Waals surface area contributed by atoms with Crippen LogP contribution >= 0.6 is 0 Å². The minimum Gasteiger partial charge on any atom is -0.392 e. The Morgan fingerprint density at radius 1 is 1.11 bits per heavy atom. The molecule has 0 saturated heterocycles. The van der Waals surface area contributed by atoms with E-state index in [0.29, 0.717) is 11.8 Å². The summed E-state index contributed by atoms with van der Waals surface area (Å²) < 4.78 is 0. The van der Waals surface area contributed by atoms with Gasteiger partial charge in [0.15, 0.2) is 0 Å². The predicted octanol–water partition coefficient (Wildman–Crippen LogP) is 5.33.